The number of carboxylic acids is 1. The molecule has 1 aromatic carbocycles. The van der Waals surface area contributed by atoms with Crippen molar-refractivity contribution in [2.45, 2.75) is 32.4 Å². The number of carbonyl (C=O) groups is 2. The fourth-order valence-corrected chi connectivity index (χ4v) is 2.60. The molecule has 3 unspecified atom stereocenters. The standard InChI is InChI=1S/C15H20N2O3/c1-9-7-8-16-10(2)13(9)17-14(18)11-3-5-12(6-4-11)15(19)20/h3-6,9-10,13,16H,7-8H2,1-2H3,(H,17,18)(H,19,20). The molecular weight excluding hydrogens is 256 g/mol. The minimum atomic E-state index is -0.990. The summed E-state index contributed by atoms with van der Waals surface area (Å²) in [7, 11) is 0. The van der Waals surface area contributed by atoms with Crippen LogP contribution in [0.1, 0.15) is 41.0 Å². The van der Waals surface area contributed by atoms with E-state index in [4.69, 9.17) is 5.11 Å². The van der Waals surface area contributed by atoms with Crippen LogP contribution in [-0.4, -0.2) is 35.6 Å². The second-order valence-electron chi connectivity index (χ2n) is 5.39. The van der Waals surface area contributed by atoms with E-state index in [0.717, 1.165) is 13.0 Å². The molecule has 0 saturated carbocycles. The Morgan fingerprint density at radius 3 is 2.35 bits per heavy atom. The van der Waals surface area contributed by atoms with E-state index >= 15 is 0 Å². The highest BCUT2D eigenvalue weighted by molar-refractivity contribution is 5.96. The summed E-state index contributed by atoms with van der Waals surface area (Å²) in [5.41, 5.74) is 0.669. The maximum absolute atomic E-state index is 12.2. The van der Waals surface area contributed by atoms with Gasteiger partial charge in [0.1, 0.15) is 0 Å². The van der Waals surface area contributed by atoms with E-state index in [1.165, 1.54) is 12.1 Å². The molecule has 0 radical (unpaired) electrons. The number of aromatic carboxylic acids is 1. The zero-order valence-electron chi connectivity index (χ0n) is 11.7. The second-order valence-corrected chi connectivity index (χ2v) is 5.39. The van der Waals surface area contributed by atoms with E-state index in [2.05, 4.69) is 24.5 Å². The van der Waals surface area contributed by atoms with Gasteiger partial charge in [0.15, 0.2) is 0 Å². The summed E-state index contributed by atoms with van der Waals surface area (Å²) < 4.78 is 0. The SMILES string of the molecule is CC1CCNC(C)C1NC(=O)c1ccc(C(=O)O)cc1. The molecule has 108 valence electrons. The van der Waals surface area contributed by atoms with Crippen LogP contribution in [-0.2, 0) is 0 Å². The van der Waals surface area contributed by atoms with Crippen LogP contribution in [0.25, 0.3) is 0 Å². The first-order chi connectivity index (χ1) is 9.49. The largest absolute Gasteiger partial charge is 0.478 e. The maximum Gasteiger partial charge on any atom is 0.335 e. The van der Waals surface area contributed by atoms with Crippen molar-refractivity contribution < 1.29 is 14.7 Å². The van der Waals surface area contributed by atoms with Crippen LogP contribution in [0, 0.1) is 5.92 Å². The predicted molar refractivity (Wildman–Crippen MR) is 75.9 cm³/mol. The zero-order chi connectivity index (χ0) is 14.7. The van der Waals surface area contributed by atoms with Gasteiger partial charge in [0.2, 0.25) is 0 Å². The lowest BCUT2D eigenvalue weighted by atomic mass is 9.89. The molecule has 1 aromatic rings. The molecule has 20 heavy (non-hydrogen) atoms. The molecule has 1 aliphatic heterocycles. The van der Waals surface area contributed by atoms with Crippen LogP contribution in [0.3, 0.4) is 0 Å². The number of carbonyl (C=O) groups excluding carboxylic acids is 1. The van der Waals surface area contributed by atoms with Crippen molar-refractivity contribution in [2.75, 3.05) is 6.54 Å². The first-order valence-electron chi connectivity index (χ1n) is 6.86. The molecule has 3 atom stereocenters. The topological polar surface area (TPSA) is 78.4 Å². The molecule has 5 nitrogen and oxygen atoms in total. The lowest BCUT2D eigenvalue weighted by Crippen LogP contribution is -2.55. The second kappa shape index (κ2) is 6.05. The average molecular weight is 276 g/mol. The molecule has 0 bridgehead atoms. The van der Waals surface area contributed by atoms with Crippen LogP contribution in [0.2, 0.25) is 0 Å². The van der Waals surface area contributed by atoms with E-state index in [0.29, 0.717) is 11.5 Å². The Morgan fingerprint density at radius 1 is 1.20 bits per heavy atom. The highest BCUT2D eigenvalue weighted by atomic mass is 16.4. The van der Waals surface area contributed by atoms with Crippen molar-refractivity contribution in [2.24, 2.45) is 5.92 Å². The lowest BCUT2D eigenvalue weighted by Gasteiger charge is -2.36. The van der Waals surface area contributed by atoms with Crippen LogP contribution in [0.5, 0.6) is 0 Å². The minimum absolute atomic E-state index is 0.0930. The molecule has 1 heterocycles. The van der Waals surface area contributed by atoms with E-state index in [9.17, 15) is 9.59 Å². The van der Waals surface area contributed by atoms with Crippen molar-refractivity contribution in [3.63, 3.8) is 0 Å². The molecule has 0 aromatic heterocycles. The van der Waals surface area contributed by atoms with Gasteiger partial charge in [-0.25, -0.2) is 4.79 Å². The average Bonchev–Trinajstić information content (AvgIpc) is 2.43. The van der Waals surface area contributed by atoms with Gasteiger partial charge in [0.25, 0.3) is 5.91 Å². The van der Waals surface area contributed by atoms with Gasteiger partial charge in [-0.3, -0.25) is 4.79 Å². The monoisotopic (exact) mass is 276 g/mol. The summed E-state index contributed by atoms with van der Waals surface area (Å²) in [4.78, 5) is 23.0. The number of piperidine rings is 1. The normalized spacial score (nSPS) is 26.0. The van der Waals surface area contributed by atoms with Gasteiger partial charge < -0.3 is 15.7 Å². The Bertz CT molecular complexity index is 488. The van der Waals surface area contributed by atoms with E-state index in [-0.39, 0.29) is 23.6 Å². The molecule has 1 fully saturated rings. The number of nitrogens with one attached hydrogen (secondary N) is 2. The number of hydrogen-bond donors (Lipinski definition) is 3. The van der Waals surface area contributed by atoms with Crippen molar-refractivity contribution in [1.82, 2.24) is 10.6 Å². The highest BCUT2D eigenvalue weighted by Gasteiger charge is 2.28. The Hall–Kier alpha value is -1.88. The van der Waals surface area contributed by atoms with E-state index in [1.54, 1.807) is 12.1 Å². The van der Waals surface area contributed by atoms with Gasteiger partial charge in [0.05, 0.1) is 5.56 Å². The summed E-state index contributed by atoms with van der Waals surface area (Å²) >= 11 is 0. The molecule has 2 rings (SSSR count). The fourth-order valence-electron chi connectivity index (χ4n) is 2.60. The summed E-state index contributed by atoms with van der Waals surface area (Å²) in [6.45, 7) is 5.17. The van der Waals surface area contributed by atoms with Gasteiger partial charge in [-0.2, -0.15) is 0 Å². The highest BCUT2D eigenvalue weighted by Crippen LogP contribution is 2.17. The van der Waals surface area contributed by atoms with Crippen LogP contribution >= 0.6 is 0 Å². The molecule has 1 aliphatic rings. The Morgan fingerprint density at radius 2 is 1.80 bits per heavy atom. The third-order valence-corrected chi connectivity index (χ3v) is 3.91. The summed E-state index contributed by atoms with van der Waals surface area (Å²) in [5, 5.41) is 15.2. The summed E-state index contributed by atoms with van der Waals surface area (Å²) in [5.74, 6) is -0.724. The first kappa shape index (κ1) is 14.5. The first-order valence-corrected chi connectivity index (χ1v) is 6.86. The third-order valence-electron chi connectivity index (χ3n) is 3.91. The molecule has 1 saturated heterocycles. The van der Waals surface area contributed by atoms with Crippen LogP contribution in [0.15, 0.2) is 24.3 Å². The van der Waals surface area contributed by atoms with Crippen molar-refractivity contribution in [3.8, 4) is 0 Å². The minimum Gasteiger partial charge on any atom is -0.478 e. The predicted octanol–water partition coefficient (Wildman–Crippen LogP) is 1.50. The molecule has 3 N–H and O–H groups in total. The maximum atomic E-state index is 12.2. The van der Waals surface area contributed by atoms with Gasteiger partial charge in [-0.05, 0) is 50.1 Å². The fraction of sp³-hybridized carbons (Fsp3) is 0.467. The molecule has 1 amide bonds. The Kier molecular flexibility index (Phi) is 4.39. The smallest absolute Gasteiger partial charge is 0.335 e. The van der Waals surface area contributed by atoms with Crippen molar-refractivity contribution >= 4 is 11.9 Å². The molecule has 0 spiro atoms. The number of hydrogen-bond acceptors (Lipinski definition) is 3. The quantitative estimate of drug-likeness (QED) is 0.782. The number of rotatable bonds is 3. The van der Waals surface area contributed by atoms with Crippen molar-refractivity contribution in [1.29, 1.82) is 0 Å². The summed E-state index contributed by atoms with van der Waals surface area (Å²) in [6.07, 6.45) is 1.03. The molecule has 0 aliphatic carbocycles. The third kappa shape index (κ3) is 3.17. The number of carboxylic acid groups (broad SMARTS) is 1. The molecular formula is C15H20N2O3. The van der Waals surface area contributed by atoms with Crippen LogP contribution < -0.4 is 10.6 Å². The van der Waals surface area contributed by atoms with Gasteiger partial charge in [0, 0.05) is 17.6 Å². The lowest BCUT2D eigenvalue weighted by molar-refractivity contribution is 0.0696. The molecule has 5 heteroatoms. The van der Waals surface area contributed by atoms with Gasteiger partial charge in [-0.15, -0.1) is 0 Å². The Balaban J connectivity index is 2.05. The Labute approximate surface area is 118 Å². The summed E-state index contributed by atoms with van der Waals surface area (Å²) in [6, 6.07) is 6.32. The number of amides is 1. The van der Waals surface area contributed by atoms with E-state index in [1.807, 2.05) is 0 Å². The van der Waals surface area contributed by atoms with E-state index < -0.39 is 5.97 Å². The number of benzene rings is 1. The van der Waals surface area contributed by atoms with Crippen LogP contribution in [0.4, 0.5) is 0 Å². The van der Waals surface area contributed by atoms with Gasteiger partial charge in [-0.1, -0.05) is 6.92 Å². The van der Waals surface area contributed by atoms with Crippen molar-refractivity contribution in [3.05, 3.63) is 35.4 Å². The zero-order valence-corrected chi connectivity index (χ0v) is 11.7. The van der Waals surface area contributed by atoms with Gasteiger partial charge >= 0.3 is 5.97 Å².